The van der Waals surface area contributed by atoms with Gasteiger partial charge in [0.15, 0.2) is 0 Å². The maximum atomic E-state index is 10.4. The van der Waals surface area contributed by atoms with Crippen LogP contribution in [0.3, 0.4) is 0 Å². The van der Waals surface area contributed by atoms with Crippen LogP contribution < -0.4 is 0 Å². The lowest BCUT2D eigenvalue weighted by molar-refractivity contribution is 0.0187. The molecule has 0 bridgehead atoms. The normalized spacial score (nSPS) is 30.1. The van der Waals surface area contributed by atoms with Crippen molar-refractivity contribution in [3.63, 3.8) is 0 Å². The fraction of sp³-hybridized carbons (Fsp3) is 0.667. The van der Waals surface area contributed by atoms with Crippen molar-refractivity contribution in [3.8, 4) is 6.07 Å². The van der Waals surface area contributed by atoms with Crippen molar-refractivity contribution in [2.75, 3.05) is 0 Å². The van der Waals surface area contributed by atoms with Crippen LogP contribution in [-0.4, -0.2) is 5.11 Å². The van der Waals surface area contributed by atoms with Crippen LogP contribution in [0.2, 0.25) is 0 Å². The van der Waals surface area contributed by atoms with E-state index in [-0.39, 0.29) is 0 Å². The maximum Gasteiger partial charge on any atom is 0.101 e. The Balaban J connectivity index is 2.12. The first-order valence-corrected chi connectivity index (χ1v) is 6.70. The van der Waals surface area contributed by atoms with Gasteiger partial charge in [0, 0.05) is 5.56 Å². The Bertz CT molecular complexity index is 408. The molecule has 1 N–H and O–H groups in total. The van der Waals surface area contributed by atoms with E-state index in [4.69, 9.17) is 4.42 Å². The second kappa shape index (κ2) is 5.16. The van der Waals surface area contributed by atoms with Crippen LogP contribution in [0.1, 0.15) is 51.2 Å². The van der Waals surface area contributed by atoms with Crippen molar-refractivity contribution in [1.29, 1.82) is 5.26 Å². The first-order chi connectivity index (χ1) is 8.59. The molecule has 3 nitrogen and oxygen atoms in total. The average Bonchev–Trinajstić information content (AvgIpc) is 2.91. The molecule has 0 saturated heterocycles. The summed E-state index contributed by atoms with van der Waals surface area (Å²) in [7, 11) is 0. The van der Waals surface area contributed by atoms with Crippen LogP contribution in [0, 0.1) is 28.6 Å². The molecule has 98 valence electrons. The zero-order valence-corrected chi connectivity index (χ0v) is 11.1. The number of hydrogen-bond donors (Lipinski definition) is 1. The number of hydrogen-bond acceptors (Lipinski definition) is 3. The lowest BCUT2D eigenvalue weighted by Crippen LogP contribution is -2.33. The third kappa shape index (κ3) is 2.30. The zero-order chi connectivity index (χ0) is 13.2. The summed E-state index contributed by atoms with van der Waals surface area (Å²) in [6, 6.07) is 4.12. The molecule has 1 aromatic rings. The van der Waals surface area contributed by atoms with E-state index in [1.807, 2.05) is 0 Å². The minimum absolute atomic E-state index is 0.630. The van der Waals surface area contributed by atoms with E-state index in [2.05, 4.69) is 19.9 Å². The van der Waals surface area contributed by atoms with Crippen molar-refractivity contribution in [1.82, 2.24) is 0 Å². The van der Waals surface area contributed by atoms with Gasteiger partial charge in [0.05, 0.1) is 24.0 Å². The molecule has 1 fully saturated rings. The van der Waals surface area contributed by atoms with Crippen LogP contribution in [-0.2, 0) is 0 Å². The van der Waals surface area contributed by atoms with Crippen LogP contribution in [0.25, 0.3) is 0 Å². The topological polar surface area (TPSA) is 57.2 Å². The van der Waals surface area contributed by atoms with E-state index in [0.717, 1.165) is 31.2 Å². The Morgan fingerprint density at radius 2 is 2.11 bits per heavy atom. The highest BCUT2D eigenvalue weighted by atomic mass is 16.3. The first-order valence-electron chi connectivity index (χ1n) is 6.70. The van der Waals surface area contributed by atoms with Crippen LogP contribution in [0.15, 0.2) is 23.0 Å². The number of nitrogens with zero attached hydrogens (tertiary/aromatic N) is 1. The molecule has 1 unspecified atom stereocenters. The minimum Gasteiger partial charge on any atom is -0.472 e. The molecular formula is C15H21NO2. The van der Waals surface area contributed by atoms with E-state index in [9.17, 15) is 10.4 Å². The molecule has 1 aromatic heterocycles. The second-order valence-electron chi connectivity index (χ2n) is 5.81. The number of rotatable bonds is 3. The van der Waals surface area contributed by atoms with Crippen molar-refractivity contribution in [2.45, 2.75) is 45.6 Å². The van der Waals surface area contributed by atoms with Gasteiger partial charge in [-0.2, -0.15) is 5.26 Å². The molecule has 0 amide bonds. The molecular weight excluding hydrogens is 226 g/mol. The molecule has 2 rings (SSSR count). The van der Waals surface area contributed by atoms with Crippen molar-refractivity contribution >= 4 is 0 Å². The molecule has 0 spiro atoms. The summed E-state index contributed by atoms with van der Waals surface area (Å²) >= 11 is 0. The van der Waals surface area contributed by atoms with Gasteiger partial charge in [-0.1, -0.05) is 13.8 Å². The lowest BCUT2D eigenvalue weighted by Gasteiger charge is -2.39. The molecule has 0 aromatic carbocycles. The summed E-state index contributed by atoms with van der Waals surface area (Å²) in [5.41, 5.74) is 0.0921. The summed E-state index contributed by atoms with van der Waals surface area (Å²) in [6.45, 7) is 4.47. The molecule has 18 heavy (non-hydrogen) atoms. The van der Waals surface area contributed by atoms with E-state index in [0.29, 0.717) is 11.8 Å². The molecule has 1 atom stereocenters. The molecule has 1 aliphatic carbocycles. The Labute approximate surface area is 108 Å². The summed E-state index contributed by atoms with van der Waals surface area (Å²) in [6.07, 6.45) is 5.97. The third-order valence-corrected chi connectivity index (χ3v) is 4.47. The highest BCUT2D eigenvalue weighted by Crippen LogP contribution is 2.48. The van der Waals surface area contributed by atoms with E-state index in [1.54, 1.807) is 12.3 Å². The predicted molar refractivity (Wildman–Crippen MR) is 68.5 cm³/mol. The van der Waals surface area contributed by atoms with Crippen LogP contribution in [0.4, 0.5) is 0 Å². The Morgan fingerprint density at radius 3 is 2.56 bits per heavy atom. The van der Waals surface area contributed by atoms with E-state index >= 15 is 0 Å². The minimum atomic E-state index is -0.727. The van der Waals surface area contributed by atoms with Gasteiger partial charge < -0.3 is 9.52 Å². The van der Waals surface area contributed by atoms with Gasteiger partial charge in [-0.3, -0.25) is 0 Å². The van der Waals surface area contributed by atoms with Gasteiger partial charge in [-0.25, -0.2) is 0 Å². The van der Waals surface area contributed by atoms with Gasteiger partial charge in [-0.05, 0) is 43.6 Å². The van der Waals surface area contributed by atoms with Gasteiger partial charge in [0.1, 0.15) is 6.10 Å². The monoisotopic (exact) mass is 247 g/mol. The number of aliphatic hydroxyl groups is 1. The van der Waals surface area contributed by atoms with Crippen LogP contribution in [0.5, 0.6) is 0 Å². The van der Waals surface area contributed by atoms with Gasteiger partial charge in [0.2, 0.25) is 0 Å². The molecule has 3 heteroatoms. The quantitative estimate of drug-likeness (QED) is 0.886. The molecule has 0 radical (unpaired) electrons. The maximum absolute atomic E-state index is 10.4. The molecule has 1 aliphatic rings. The number of furan rings is 1. The number of aliphatic hydroxyl groups excluding tert-OH is 1. The fourth-order valence-electron chi connectivity index (χ4n) is 3.02. The van der Waals surface area contributed by atoms with Gasteiger partial charge in [0.25, 0.3) is 0 Å². The molecule has 0 aliphatic heterocycles. The first kappa shape index (κ1) is 13.2. The second-order valence-corrected chi connectivity index (χ2v) is 5.81. The molecule has 1 saturated carbocycles. The summed E-state index contributed by atoms with van der Waals surface area (Å²) in [5.74, 6) is 1.34. The van der Waals surface area contributed by atoms with E-state index < -0.39 is 11.5 Å². The van der Waals surface area contributed by atoms with Crippen LogP contribution >= 0.6 is 0 Å². The average molecular weight is 247 g/mol. The lowest BCUT2D eigenvalue weighted by atomic mass is 9.65. The summed E-state index contributed by atoms with van der Waals surface area (Å²) in [4.78, 5) is 0. The number of nitriles is 1. The Hall–Kier alpha value is -1.27. The SMILES string of the molecule is CC(C)C1CCC(C#N)(C(O)c2ccoc2)CC1. The van der Waals surface area contributed by atoms with Crippen molar-refractivity contribution in [2.24, 2.45) is 17.3 Å². The van der Waals surface area contributed by atoms with Crippen molar-refractivity contribution < 1.29 is 9.52 Å². The van der Waals surface area contributed by atoms with E-state index in [1.165, 1.54) is 6.26 Å². The Kier molecular flexibility index (Phi) is 3.77. The Morgan fingerprint density at radius 1 is 1.44 bits per heavy atom. The van der Waals surface area contributed by atoms with Gasteiger partial charge in [-0.15, -0.1) is 0 Å². The third-order valence-electron chi connectivity index (χ3n) is 4.47. The zero-order valence-electron chi connectivity index (χ0n) is 11.1. The van der Waals surface area contributed by atoms with Gasteiger partial charge >= 0.3 is 0 Å². The predicted octanol–water partition coefficient (Wildman–Crippen LogP) is 3.67. The summed E-state index contributed by atoms with van der Waals surface area (Å²) in [5, 5.41) is 19.9. The highest BCUT2D eigenvalue weighted by molar-refractivity contribution is 5.19. The fourth-order valence-corrected chi connectivity index (χ4v) is 3.02. The smallest absolute Gasteiger partial charge is 0.101 e. The molecule has 1 heterocycles. The highest BCUT2D eigenvalue weighted by Gasteiger charge is 2.43. The van der Waals surface area contributed by atoms with Crippen molar-refractivity contribution in [3.05, 3.63) is 24.2 Å². The summed E-state index contributed by atoms with van der Waals surface area (Å²) < 4.78 is 5.01. The standard InChI is InChI=1S/C15H21NO2/c1-11(2)12-3-6-15(10-16,7-4-12)14(17)13-5-8-18-9-13/h5,8-9,11-12,14,17H,3-4,6-7H2,1-2H3. The largest absolute Gasteiger partial charge is 0.472 e.